The molecule has 0 saturated heterocycles. The van der Waals surface area contributed by atoms with E-state index in [1.807, 2.05) is 0 Å². The van der Waals surface area contributed by atoms with Crippen molar-refractivity contribution in [2.24, 2.45) is 14.1 Å². The third-order valence-electron chi connectivity index (χ3n) is 4.10. The first kappa shape index (κ1) is 16.5. The lowest BCUT2D eigenvalue weighted by atomic mass is 10.1. The van der Waals surface area contributed by atoms with Crippen molar-refractivity contribution < 1.29 is 9.21 Å². The average molecular weight is 343 g/mol. The second-order valence-electron chi connectivity index (χ2n) is 5.66. The largest absolute Gasteiger partial charge is 0.467 e. The maximum Gasteiger partial charge on any atom is 0.332 e. The molecule has 0 aromatic carbocycles. The highest BCUT2D eigenvalue weighted by molar-refractivity contribution is 6.03. The van der Waals surface area contributed by atoms with E-state index in [-0.39, 0.29) is 29.0 Å². The van der Waals surface area contributed by atoms with Crippen LogP contribution in [0.25, 0.3) is 11.0 Å². The van der Waals surface area contributed by atoms with Crippen molar-refractivity contribution in [2.45, 2.75) is 13.5 Å². The van der Waals surface area contributed by atoms with Gasteiger partial charge in [-0.3, -0.25) is 18.7 Å². The van der Waals surface area contributed by atoms with Crippen LogP contribution in [0.5, 0.6) is 0 Å². The second-order valence-corrected chi connectivity index (χ2v) is 5.66. The molecule has 9 nitrogen and oxygen atoms in total. The summed E-state index contributed by atoms with van der Waals surface area (Å²) < 4.78 is 7.36. The molecule has 0 aliphatic rings. The molecule has 9 heteroatoms. The van der Waals surface area contributed by atoms with Crippen LogP contribution in [0.4, 0.5) is 5.82 Å². The molecule has 25 heavy (non-hydrogen) atoms. The van der Waals surface area contributed by atoms with Crippen molar-refractivity contribution in [1.82, 2.24) is 19.4 Å². The summed E-state index contributed by atoms with van der Waals surface area (Å²) in [6, 6.07) is 3.43. The third-order valence-corrected chi connectivity index (χ3v) is 4.10. The molecule has 0 radical (unpaired) electrons. The van der Waals surface area contributed by atoms with Gasteiger partial charge < -0.3 is 15.5 Å². The van der Waals surface area contributed by atoms with E-state index in [1.54, 1.807) is 19.1 Å². The van der Waals surface area contributed by atoms with Gasteiger partial charge >= 0.3 is 5.69 Å². The molecule has 3 rings (SSSR count). The molecule has 0 atom stereocenters. The Morgan fingerprint density at radius 2 is 2.04 bits per heavy atom. The highest BCUT2D eigenvalue weighted by atomic mass is 16.3. The van der Waals surface area contributed by atoms with E-state index < -0.39 is 17.2 Å². The number of nitrogens with two attached hydrogens (primary N) is 1. The molecular weight excluding hydrogens is 326 g/mol. The minimum absolute atomic E-state index is 0.0507. The number of aromatic nitrogens is 3. The molecule has 3 aromatic heterocycles. The number of pyridine rings is 1. The number of rotatable bonds is 3. The summed E-state index contributed by atoms with van der Waals surface area (Å²) in [7, 11) is 2.86. The molecule has 3 N–H and O–H groups in total. The van der Waals surface area contributed by atoms with Crippen LogP contribution in [0.15, 0.2) is 32.4 Å². The van der Waals surface area contributed by atoms with Gasteiger partial charge in [-0.2, -0.15) is 0 Å². The van der Waals surface area contributed by atoms with E-state index in [2.05, 4.69) is 10.3 Å². The number of nitrogens with one attached hydrogen (secondary N) is 1. The molecule has 0 unspecified atom stereocenters. The van der Waals surface area contributed by atoms with Gasteiger partial charge in [0.2, 0.25) is 0 Å². The maximum atomic E-state index is 12.5. The standard InChI is InChI=1S/C16H17N5O4/c1-8-10(14(22)18-7-9-5-4-6-25-9)12(17)19-13-11(8)15(23)21(3)16(24)20(13)2/h4-6H,7H2,1-3H3,(H2,17,19)(H,18,22). The fourth-order valence-corrected chi connectivity index (χ4v) is 2.74. The zero-order valence-corrected chi connectivity index (χ0v) is 14.0. The number of amides is 1. The Labute approximate surface area is 141 Å². The summed E-state index contributed by atoms with van der Waals surface area (Å²) in [4.78, 5) is 41.1. The molecule has 0 saturated carbocycles. The maximum absolute atomic E-state index is 12.5. The number of furan rings is 1. The Balaban J connectivity index is 2.15. The van der Waals surface area contributed by atoms with Crippen molar-refractivity contribution in [3.8, 4) is 0 Å². The lowest BCUT2D eigenvalue weighted by molar-refractivity contribution is 0.0948. The Morgan fingerprint density at radius 1 is 1.32 bits per heavy atom. The second kappa shape index (κ2) is 5.93. The Bertz CT molecular complexity index is 1090. The van der Waals surface area contributed by atoms with Gasteiger partial charge in [0.25, 0.3) is 11.5 Å². The van der Waals surface area contributed by atoms with Gasteiger partial charge in [0.15, 0.2) is 5.65 Å². The molecule has 0 aliphatic carbocycles. The lowest BCUT2D eigenvalue weighted by Gasteiger charge is -2.14. The Hall–Kier alpha value is -3.36. The predicted octanol–water partition coefficient (Wildman–Crippen LogP) is 0.0458. The SMILES string of the molecule is Cc1c(C(=O)NCc2ccco2)c(N)nc2c1c(=O)n(C)c(=O)n2C. The highest BCUT2D eigenvalue weighted by Gasteiger charge is 2.21. The van der Waals surface area contributed by atoms with Gasteiger partial charge in [-0.15, -0.1) is 0 Å². The molecule has 1 amide bonds. The van der Waals surface area contributed by atoms with Crippen molar-refractivity contribution in [3.63, 3.8) is 0 Å². The number of carbonyl (C=O) groups excluding carboxylic acids is 1. The van der Waals surface area contributed by atoms with Gasteiger partial charge in [0.1, 0.15) is 11.6 Å². The Kier molecular flexibility index (Phi) is 3.91. The summed E-state index contributed by atoms with van der Waals surface area (Å²) in [6.45, 7) is 1.78. The lowest BCUT2D eigenvalue weighted by Crippen LogP contribution is -2.38. The smallest absolute Gasteiger partial charge is 0.332 e. The number of aryl methyl sites for hydroxylation is 2. The monoisotopic (exact) mass is 343 g/mol. The van der Waals surface area contributed by atoms with Crippen LogP contribution in [0.1, 0.15) is 21.7 Å². The van der Waals surface area contributed by atoms with E-state index in [0.29, 0.717) is 11.3 Å². The fourth-order valence-electron chi connectivity index (χ4n) is 2.74. The molecular formula is C16H17N5O4. The molecule has 0 bridgehead atoms. The van der Waals surface area contributed by atoms with Gasteiger partial charge in [-0.25, -0.2) is 9.78 Å². The first-order chi connectivity index (χ1) is 11.8. The van der Waals surface area contributed by atoms with Crippen LogP contribution in [0.3, 0.4) is 0 Å². The summed E-state index contributed by atoms with van der Waals surface area (Å²) in [5, 5.41) is 2.86. The number of carbonyl (C=O) groups is 1. The van der Waals surface area contributed by atoms with Gasteiger partial charge in [0.05, 0.1) is 23.8 Å². The van der Waals surface area contributed by atoms with Gasteiger partial charge in [-0.1, -0.05) is 0 Å². The first-order valence-electron chi connectivity index (χ1n) is 7.49. The summed E-state index contributed by atoms with van der Waals surface area (Å²) in [5.74, 6) is 0.0542. The van der Waals surface area contributed by atoms with Crippen LogP contribution in [-0.2, 0) is 20.6 Å². The molecule has 130 valence electrons. The average Bonchev–Trinajstić information content (AvgIpc) is 3.09. The molecule has 0 spiro atoms. The van der Waals surface area contributed by atoms with E-state index in [9.17, 15) is 14.4 Å². The van der Waals surface area contributed by atoms with E-state index in [0.717, 1.165) is 4.57 Å². The van der Waals surface area contributed by atoms with E-state index in [1.165, 1.54) is 24.9 Å². The van der Waals surface area contributed by atoms with Crippen LogP contribution in [0.2, 0.25) is 0 Å². The van der Waals surface area contributed by atoms with Gasteiger partial charge in [0, 0.05) is 14.1 Å². The topological polar surface area (TPSA) is 125 Å². The number of anilines is 1. The summed E-state index contributed by atoms with van der Waals surface area (Å²) in [6.07, 6.45) is 1.50. The third kappa shape index (κ3) is 2.59. The molecule has 3 aromatic rings. The van der Waals surface area contributed by atoms with E-state index in [4.69, 9.17) is 10.2 Å². The minimum Gasteiger partial charge on any atom is -0.467 e. The Morgan fingerprint density at radius 3 is 2.68 bits per heavy atom. The number of nitrogens with zero attached hydrogens (tertiary/aromatic N) is 3. The fraction of sp³-hybridized carbons (Fsp3) is 0.250. The van der Waals surface area contributed by atoms with Crippen molar-refractivity contribution in [1.29, 1.82) is 0 Å². The van der Waals surface area contributed by atoms with Crippen molar-refractivity contribution >= 4 is 22.8 Å². The molecule has 3 heterocycles. The number of hydrogen-bond donors (Lipinski definition) is 2. The minimum atomic E-state index is -0.525. The summed E-state index contributed by atoms with van der Waals surface area (Å²) in [5.41, 5.74) is 5.51. The van der Waals surface area contributed by atoms with Crippen molar-refractivity contribution in [3.05, 3.63) is 56.1 Å². The predicted molar refractivity (Wildman–Crippen MR) is 91.3 cm³/mol. The number of fused-ring (bicyclic) bond motifs is 1. The van der Waals surface area contributed by atoms with Crippen LogP contribution < -0.4 is 22.3 Å². The highest BCUT2D eigenvalue weighted by Crippen LogP contribution is 2.21. The molecule has 0 fully saturated rings. The number of nitrogen functional groups attached to an aromatic ring is 1. The first-order valence-corrected chi connectivity index (χ1v) is 7.49. The quantitative estimate of drug-likeness (QED) is 0.692. The van der Waals surface area contributed by atoms with E-state index >= 15 is 0 Å². The molecule has 0 aliphatic heterocycles. The van der Waals surface area contributed by atoms with Gasteiger partial charge in [-0.05, 0) is 24.6 Å². The normalized spacial score (nSPS) is 11.0. The summed E-state index contributed by atoms with van der Waals surface area (Å²) >= 11 is 0. The zero-order valence-electron chi connectivity index (χ0n) is 14.0. The van der Waals surface area contributed by atoms with Crippen LogP contribution in [-0.4, -0.2) is 20.0 Å². The number of hydrogen-bond acceptors (Lipinski definition) is 6. The van der Waals surface area contributed by atoms with Crippen molar-refractivity contribution in [2.75, 3.05) is 5.73 Å². The van der Waals surface area contributed by atoms with Crippen LogP contribution in [0, 0.1) is 6.92 Å². The van der Waals surface area contributed by atoms with Crippen LogP contribution >= 0.6 is 0 Å². The zero-order chi connectivity index (χ0) is 18.3.